The van der Waals surface area contributed by atoms with E-state index in [9.17, 15) is 18.0 Å². The van der Waals surface area contributed by atoms with Gasteiger partial charge >= 0.3 is 6.18 Å². The first kappa shape index (κ1) is 17.8. The molecule has 4 aromatic rings. The van der Waals surface area contributed by atoms with Crippen molar-refractivity contribution in [2.75, 3.05) is 5.32 Å². The maximum absolute atomic E-state index is 12.9. The second-order valence-corrected chi connectivity index (χ2v) is 6.09. The van der Waals surface area contributed by atoms with Gasteiger partial charge in [-0.2, -0.15) is 13.2 Å². The number of hydrogen-bond donors (Lipinski definition) is 3. The van der Waals surface area contributed by atoms with Gasteiger partial charge in [0.15, 0.2) is 0 Å². The molecule has 3 aromatic heterocycles. The van der Waals surface area contributed by atoms with Gasteiger partial charge in [0.1, 0.15) is 11.4 Å². The van der Waals surface area contributed by atoms with Crippen molar-refractivity contribution in [3.63, 3.8) is 0 Å². The van der Waals surface area contributed by atoms with Crippen LogP contribution < -0.4 is 10.9 Å². The van der Waals surface area contributed by atoms with Crippen molar-refractivity contribution in [1.29, 1.82) is 0 Å². The summed E-state index contributed by atoms with van der Waals surface area (Å²) < 4.78 is 38.8. The molecule has 0 bridgehead atoms. The average molecular weight is 385 g/mol. The number of fused-ring (bicyclic) bond motifs is 1. The molecule has 0 amide bonds. The number of benzene rings is 1. The van der Waals surface area contributed by atoms with Crippen molar-refractivity contribution in [2.45, 2.75) is 12.7 Å². The number of hydrogen-bond acceptors (Lipinski definition) is 4. The molecule has 0 aliphatic rings. The molecule has 6 nitrogen and oxygen atoms in total. The number of rotatable bonds is 4. The van der Waals surface area contributed by atoms with E-state index < -0.39 is 17.3 Å². The summed E-state index contributed by atoms with van der Waals surface area (Å²) in [5, 5.41) is 3.13. The van der Waals surface area contributed by atoms with Gasteiger partial charge in [-0.3, -0.25) is 9.78 Å². The first-order valence-electron chi connectivity index (χ1n) is 8.34. The van der Waals surface area contributed by atoms with Gasteiger partial charge in [-0.05, 0) is 36.4 Å². The van der Waals surface area contributed by atoms with E-state index in [0.717, 1.165) is 17.8 Å². The van der Waals surface area contributed by atoms with Gasteiger partial charge in [-0.1, -0.05) is 6.07 Å². The van der Waals surface area contributed by atoms with Crippen molar-refractivity contribution in [1.82, 2.24) is 19.9 Å². The number of aromatic nitrogens is 4. The maximum Gasteiger partial charge on any atom is 0.416 e. The quantitative estimate of drug-likeness (QED) is 0.497. The minimum Gasteiger partial charge on any atom is -0.379 e. The molecule has 0 aliphatic carbocycles. The van der Waals surface area contributed by atoms with Crippen LogP contribution in [-0.2, 0) is 12.7 Å². The van der Waals surface area contributed by atoms with Crippen LogP contribution in [0.1, 0.15) is 11.3 Å². The van der Waals surface area contributed by atoms with Crippen LogP contribution in [0.3, 0.4) is 0 Å². The number of halogens is 3. The van der Waals surface area contributed by atoms with E-state index >= 15 is 0 Å². The number of nitrogens with one attached hydrogen (secondary N) is 3. The molecule has 0 radical (unpaired) electrons. The summed E-state index contributed by atoms with van der Waals surface area (Å²) in [6.45, 7) is 0.371. The summed E-state index contributed by atoms with van der Waals surface area (Å²) in [6, 6.07) is 10.3. The van der Waals surface area contributed by atoms with Gasteiger partial charge in [-0.15, -0.1) is 0 Å². The third-order valence-electron chi connectivity index (χ3n) is 4.19. The molecule has 1 aromatic carbocycles. The van der Waals surface area contributed by atoms with E-state index in [2.05, 4.69) is 25.3 Å². The molecular formula is C19H14F3N5O. The fraction of sp³-hybridized carbons (Fsp3) is 0.105. The van der Waals surface area contributed by atoms with E-state index in [1.807, 2.05) is 12.1 Å². The summed E-state index contributed by atoms with van der Waals surface area (Å²) in [5.41, 5.74) is 0.804. The molecule has 0 saturated heterocycles. The lowest BCUT2D eigenvalue weighted by atomic mass is 10.2. The second-order valence-electron chi connectivity index (χ2n) is 6.09. The lowest BCUT2D eigenvalue weighted by Crippen LogP contribution is -2.13. The van der Waals surface area contributed by atoms with E-state index in [-0.39, 0.29) is 16.9 Å². The lowest BCUT2D eigenvalue weighted by Gasteiger charge is -2.09. The maximum atomic E-state index is 12.9. The Morgan fingerprint density at radius 1 is 1.11 bits per heavy atom. The zero-order valence-corrected chi connectivity index (χ0v) is 14.3. The van der Waals surface area contributed by atoms with E-state index in [1.54, 1.807) is 18.3 Å². The Kier molecular flexibility index (Phi) is 4.34. The SMILES string of the molecule is O=c1[nH]ccc(NCc2ccccn2)c1-c1nc2ccc(C(F)(F)F)cc2[nH]1. The van der Waals surface area contributed by atoms with Crippen LogP contribution in [0, 0.1) is 0 Å². The van der Waals surface area contributed by atoms with Crippen molar-refractivity contribution in [3.05, 3.63) is 76.5 Å². The third kappa shape index (κ3) is 3.46. The Morgan fingerprint density at radius 2 is 1.96 bits per heavy atom. The summed E-state index contributed by atoms with van der Waals surface area (Å²) in [6.07, 6.45) is -1.32. The molecule has 28 heavy (non-hydrogen) atoms. The highest BCUT2D eigenvalue weighted by molar-refractivity contribution is 5.83. The molecule has 0 spiro atoms. The Labute approximate surface area is 156 Å². The first-order valence-corrected chi connectivity index (χ1v) is 8.34. The van der Waals surface area contributed by atoms with Gasteiger partial charge in [0.05, 0.1) is 34.5 Å². The van der Waals surface area contributed by atoms with Crippen LogP contribution in [0.25, 0.3) is 22.4 Å². The van der Waals surface area contributed by atoms with Gasteiger partial charge in [0.2, 0.25) is 0 Å². The summed E-state index contributed by atoms with van der Waals surface area (Å²) in [7, 11) is 0. The predicted molar refractivity (Wildman–Crippen MR) is 98.7 cm³/mol. The molecule has 0 aliphatic heterocycles. The largest absolute Gasteiger partial charge is 0.416 e. The van der Waals surface area contributed by atoms with Crippen molar-refractivity contribution in [2.24, 2.45) is 0 Å². The van der Waals surface area contributed by atoms with Crippen molar-refractivity contribution >= 4 is 16.7 Å². The van der Waals surface area contributed by atoms with Crippen LogP contribution in [0.2, 0.25) is 0 Å². The molecule has 0 saturated carbocycles. The first-order chi connectivity index (χ1) is 13.4. The molecule has 3 N–H and O–H groups in total. The summed E-state index contributed by atoms with van der Waals surface area (Å²) >= 11 is 0. The van der Waals surface area contributed by atoms with Gasteiger partial charge in [0.25, 0.3) is 5.56 Å². The van der Waals surface area contributed by atoms with Crippen LogP contribution in [0.4, 0.5) is 18.9 Å². The van der Waals surface area contributed by atoms with Gasteiger partial charge in [0, 0.05) is 12.4 Å². The molecule has 0 atom stereocenters. The highest BCUT2D eigenvalue weighted by Gasteiger charge is 2.30. The molecule has 4 rings (SSSR count). The Morgan fingerprint density at radius 3 is 2.71 bits per heavy atom. The number of imidazole rings is 1. The monoisotopic (exact) mass is 385 g/mol. The van der Waals surface area contributed by atoms with Crippen LogP contribution >= 0.6 is 0 Å². The summed E-state index contributed by atoms with van der Waals surface area (Å²) in [4.78, 5) is 26.3. The predicted octanol–water partition coefficient (Wildman–Crippen LogP) is 3.94. The smallest absolute Gasteiger partial charge is 0.379 e. The number of aromatic amines is 2. The summed E-state index contributed by atoms with van der Waals surface area (Å²) in [5.74, 6) is 0.180. The lowest BCUT2D eigenvalue weighted by molar-refractivity contribution is -0.137. The third-order valence-corrected chi connectivity index (χ3v) is 4.19. The topological polar surface area (TPSA) is 86.5 Å². The Hall–Kier alpha value is -3.62. The van der Waals surface area contributed by atoms with E-state index in [0.29, 0.717) is 17.7 Å². The highest BCUT2D eigenvalue weighted by atomic mass is 19.4. The standard InChI is InChI=1S/C19H14F3N5O/c20-19(21,22)11-4-5-13-15(9-11)27-17(26-13)16-14(6-8-24-18(16)28)25-10-12-3-1-2-7-23-12/h1-9H,10H2,(H,26,27)(H2,24,25,28). The molecule has 3 heterocycles. The number of H-pyrrole nitrogens is 2. The number of nitrogens with zero attached hydrogens (tertiary/aromatic N) is 2. The zero-order chi connectivity index (χ0) is 19.7. The molecular weight excluding hydrogens is 371 g/mol. The fourth-order valence-electron chi connectivity index (χ4n) is 2.85. The van der Waals surface area contributed by atoms with E-state index in [1.165, 1.54) is 12.3 Å². The molecule has 9 heteroatoms. The van der Waals surface area contributed by atoms with Crippen LogP contribution in [0.5, 0.6) is 0 Å². The molecule has 0 unspecified atom stereocenters. The van der Waals surface area contributed by atoms with Gasteiger partial charge in [-0.25, -0.2) is 4.98 Å². The Bertz CT molecular complexity index is 1180. The molecule has 0 fully saturated rings. The van der Waals surface area contributed by atoms with Gasteiger partial charge < -0.3 is 15.3 Å². The Balaban J connectivity index is 1.73. The van der Waals surface area contributed by atoms with Crippen LogP contribution in [0.15, 0.2) is 59.7 Å². The highest BCUT2D eigenvalue weighted by Crippen LogP contribution is 2.32. The fourth-order valence-corrected chi connectivity index (χ4v) is 2.85. The minimum atomic E-state index is -4.46. The molecule has 142 valence electrons. The zero-order valence-electron chi connectivity index (χ0n) is 14.3. The van der Waals surface area contributed by atoms with Crippen LogP contribution in [-0.4, -0.2) is 19.9 Å². The van der Waals surface area contributed by atoms with Crippen molar-refractivity contribution in [3.8, 4) is 11.4 Å². The number of alkyl halides is 3. The number of pyridine rings is 2. The minimum absolute atomic E-state index is 0.180. The van der Waals surface area contributed by atoms with Crippen molar-refractivity contribution < 1.29 is 13.2 Å². The second kappa shape index (κ2) is 6.84. The van der Waals surface area contributed by atoms with E-state index in [4.69, 9.17) is 0 Å². The number of anilines is 1. The normalized spacial score (nSPS) is 11.7. The average Bonchev–Trinajstić information content (AvgIpc) is 3.09.